The maximum Gasteiger partial charge on any atom is 0.264 e. The van der Waals surface area contributed by atoms with Crippen LogP contribution in [0.1, 0.15) is 38.3 Å². The van der Waals surface area contributed by atoms with Gasteiger partial charge in [-0.1, -0.05) is 31.0 Å². The number of ether oxygens (including phenoxy) is 1. The standard InChI is InChI=1S/C21H28N4O2/c1-3-25(18-11-7-6-8-12-18)20(26)16-27-19-15-17(2)22-21(23-19)24-13-9-4-5-10-14-24/h6-8,11-12,15H,3-5,9-10,13-14,16H2,1-2H3. The quantitative estimate of drug-likeness (QED) is 0.780. The number of rotatable bonds is 6. The second-order valence-electron chi connectivity index (χ2n) is 6.81. The first-order valence-corrected chi connectivity index (χ1v) is 9.76. The second-order valence-corrected chi connectivity index (χ2v) is 6.81. The monoisotopic (exact) mass is 368 g/mol. The average Bonchev–Trinajstić information content (AvgIpc) is 2.97. The van der Waals surface area contributed by atoms with Crippen molar-refractivity contribution in [1.82, 2.24) is 9.97 Å². The molecule has 1 aliphatic rings. The molecule has 1 saturated heterocycles. The number of nitrogens with zero attached hydrogens (tertiary/aromatic N) is 4. The molecule has 6 nitrogen and oxygen atoms in total. The highest BCUT2D eigenvalue weighted by atomic mass is 16.5. The topological polar surface area (TPSA) is 58.6 Å². The minimum Gasteiger partial charge on any atom is -0.467 e. The fourth-order valence-corrected chi connectivity index (χ4v) is 3.34. The third-order valence-corrected chi connectivity index (χ3v) is 4.74. The first kappa shape index (κ1) is 19.1. The van der Waals surface area contributed by atoms with Crippen LogP contribution in [0, 0.1) is 6.92 Å². The molecule has 0 atom stereocenters. The Morgan fingerprint density at radius 1 is 1.11 bits per heavy atom. The van der Waals surface area contributed by atoms with E-state index in [0.717, 1.165) is 37.3 Å². The summed E-state index contributed by atoms with van der Waals surface area (Å²) in [6, 6.07) is 11.4. The largest absolute Gasteiger partial charge is 0.467 e. The summed E-state index contributed by atoms with van der Waals surface area (Å²) in [6.07, 6.45) is 4.84. The van der Waals surface area contributed by atoms with Gasteiger partial charge in [-0.25, -0.2) is 4.98 Å². The van der Waals surface area contributed by atoms with Crippen molar-refractivity contribution < 1.29 is 9.53 Å². The van der Waals surface area contributed by atoms with Crippen LogP contribution in [0.4, 0.5) is 11.6 Å². The Balaban J connectivity index is 1.67. The number of anilines is 2. The van der Waals surface area contributed by atoms with E-state index in [1.165, 1.54) is 12.8 Å². The van der Waals surface area contributed by atoms with Crippen LogP contribution in [0.2, 0.25) is 0 Å². The summed E-state index contributed by atoms with van der Waals surface area (Å²) in [5, 5.41) is 0. The number of aryl methyl sites for hydroxylation is 1. The van der Waals surface area contributed by atoms with Gasteiger partial charge >= 0.3 is 0 Å². The first-order chi connectivity index (χ1) is 13.2. The molecule has 1 aliphatic heterocycles. The van der Waals surface area contributed by atoms with Crippen molar-refractivity contribution in [3.8, 4) is 5.88 Å². The number of hydrogen-bond acceptors (Lipinski definition) is 5. The Hall–Kier alpha value is -2.63. The molecular formula is C21H28N4O2. The first-order valence-electron chi connectivity index (χ1n) is 9.76. The summed E-state index contributed by atoms with van der Waals surface area (Å²) in [4.78, 5) is 25.7. The molecule has 6 heteroatoms. The molecule has 0 N–H and O–H groups in total. The van der Waals surface area contributed by atoms with E-state index in [4.69, 9.17) is 4.74 Å². The Bertz CT molecular complexity index is 743. The molecule has 1 aromatic carbocycles. The molecule has 1 amide bonds. The van der Waals surface area contributed by atoms with Crippen LogP contribution in [0.5, 0.6) is 5.88 Å². The van der Waals surface area contributed by atoms with E-state index in [9.17, 15) is 4.79 Å². The number of likely N-dealkylation sites (N-methyl/N-ethyl adjacent to an activating group) is 1. The molecule has 0 unspecified atom stereocenters. The summed E-state index contributed by atoms with van der Waals surface area (Å²) in [5.41, 5.74) is 1.72. The smallest absolute Gasteiger partial charge is 0.264 e. The summed E-state index contributed by atoms with van der Waals surface area (Å²) in [7, 11) is 0. The van der Waals surface area contributed by atoms with Gasteiger partial charge in [-0.15, -0.1) is 0 Å². The van der Waals surface area contributed by atoms with Crippen LogP contribution in [-0.4, -0.2) is 42.1 Å². The SMILES string of the molecule is CCN(C(=O)COc1cc(C)nc(N2CCCCCC2)n1)c1ccccc1. The molecule has 144 valence electrons. The highest BCUT2D eigenvalue weighted by molar-refractivity contribution is 5.94. The second kappa shape index (κ2) is 9.35. The van der Waals surface area contributed by atoms with E-state index >= 15 is 0 Å². The van der Waals surface area contributed by atoms with Crippen LogP contribution < -0.4 is 14.5 Å². The van der Waals surface area contributed by atoms with Crippen molar-refractivity contribution in [2.75, 3.05) is 36.0 Å². The zero-order valence-corrected chi connectivity index (χ0v) is 16.2. The summed E-state index contributed by atoms with van der Waals surface area (Å²) in [5.74, 6) is 1.07. The van der Waals surface area contributed by atoms with E-state index in [-0.39, 0.29) is 12.5 Å². The molecule has 1 fully saturated rings. The zero-order chi connectivity index (χ0) is 19.1. The number of benzene rings is 1. The van der Waals surface area contributed by atoms with E-state index in [2.05, 4.69) is 14.9 Å². The van der Waals surface area contributed by atoms with E-state index in [1.807, 2.05) is 44.2 Å². The highest BCUT2D eigenvalue weighted by Gasteiger charge is 2.17. The minimum atomic E-state index is -0.0868. The summed E-state index contributed by atoms with van der Waals surface area (Å²) < 4.78 is 5.75. The third-order valence-electron chi connectivity index (χ3n) is 4.74. The molecule has 27 heavy (non-hydrogen) atoms. The van der Waals surface area contributed by atoms with Crippen LogP contribution in [0.3, 0.4) is 0 Å². The van der Waals surface area contributed by atoms with E-state index in [0.29, 0.717) is 18.4 Å². The molecule has 0 radical (unpaired) electrons. The third kappa shape index (κ3) is 5.18. The van der Waals surface area contributed by atoms with Gasteiger partial charge in [0.05, 0.1) is 0 Å². The predicted octanol–water partition coefficient (Wildman–Crippen LogP) is 3.60. The van der Waals surface area contributed by atoms with Crippen molar-refractivity contribution in [2.45, 2.75) is 39.5 Å². The van der Waals surface area contributed by atoms with Crippen molar-refractivity contribution in [2.24, 2.45) is 0 Å². The summed E-state index contributed by atoms with van der Waals surface area (Å²) in [6.45, 7) is 6.38. The van der Waals surface area contributed by atoms with Gasteiger partial charge in [-0.05, 0) is 38.8 Å². The predicted molar refractivity (Wildman–Crippen MR) is 107 cm³/mol. The van der Waals surface area contributed by atoms with Crippen LogP contribution in [0.15, 0.2) is 36.4 Å². The van der Waals surface area contributed by atoms with Crippen LogP contribution in [0.25, 0.3) is 0 Å². The highest BCUT2D eigenvalue weighted by Crippen LogP contribution is 2.20. The van der Waals surface area contributed by atoms with E-state index < -0.39 is 0 Å². The Labute approximate surface area is 161 Å². The van der Waals surface area contributed by atoms with Gasteiger partial charge < -0.3 is 14.5 Å². The molecule has 0 saturated carbocycles. The van der Waals surface area contributed by atoms with Crippen molar-refractivity contribution in [3.63, 3.8) is 0 Å². The number of carbonyl (C=O) groups is 1. The molecule has 0 spiro atoms. The van der Waals surface area contributed by atoms with Gasteiger partial charge in [-0.2, -0.15) is 4.98 Å². The number of aromatic nitrogens is 2. The number of amides is 1. The molecule has 3 rings (SSSR count). The minimum absolute atomic E-state index is 0.0430. The Kier molecular flexibility index (Phi) is 6.63. The lowest BCUT2D eigenvalue weighted by molar-refractivity contribution is -0.120. The van der Waals surface area contributed by atoms with E-state index in [1.54, 1.807) is 11.0 Å². The lowest BCUT2D eigenvalue weighted by atomic mass is 10.2. The fourth-order valence-electron chi connectivity index (χ4n) is 3.34. The van der Waals surface area contributed by atoms with Crippen LogP contribution >= 0.6 is 0 Å². The van der Waals surface area contributed by atoms with Gasteiger partial charge in [0, 0.05) is 37.1 Å². The number of para-hydroxylation sites is 1. The normalized spacial score (nSPS) is 14.5. The molecule has 0 aliphatic carbocycles. The molecule has 1 aromatic heterocycles. The Morgan fingerprint density at radius 3 is 2.48 bits per heavy atom. The summed E-state index contributed by atoms with van der Waals surface area (Å²) >= 11 is 0. The molecule has 0 bridgehead atoms. The van der Waals surface area contributed by atoms with Crippen molar-refractivity contribution >= 4 is 17.5 Å². The number of hydrogen-bond donors (Lipinski definition) is 0. The number of carbonyl (C=O) groups excluding carboxylic acids is 1. The maximum absolute atomic E-state index is 12.6. The van der Waals surface area contributed by atoms with Crippen molar-refractivity contribution in [1.29, 1.82) is 0 Å². The van der Waals surface area contributed by atoms with Gasteiger partial charge in [0.1, 0.15) is 0 Å². The van der Waals surface area contributed by atoms with Gasteiger partial charge in [0.2, 0.25) is 11.8 Å². The van der Waals surface area contributed by atoms with Crippen molar-refractivity contribution in [3.05, 3.63) is 42.1 Å². The zero-order valence-electron chi connectivity index (χ0n) is 16.2. The average molecular weight is 368 g/mol. The lowest BCUT2D eigenvalue weighted by Gasteiger charge is -2.22. The van der Waals surface area contributed by atoms with Gasteiger partial charge in [0.15, 0.2) is 6.61 Å². The van der Waals surface area contributed by atoms with Crippen LogP contribution in [-0.2, 0) is 4.79 Å². The molecular weight excluding hydrogens is 340 g/mol. The maximum atomic E-state index is 12.6. The lowest BCUT2D eigenvalue weighted by Crippen LogP contribution is -2.35. The fraction of sp³-hybridized carbons (Fsp3) is 0.476. The van der Waals surface area contributed by atoms with Gasteiger partial charge in [-0.3, -0.25) is 4.79 Å². The molecule has 2 aromatic rings. The molecule has 2 heterocycles. The van der Waals surface area contributed by atoms with Gasteiger partial charge in [0.25, 0.3) is 5.91 Å². The Morgan fingerprint density at radius 2 is 1.81 bits per heavy atom.